The minimum Gasteiger partial charge on any atom is -0.329 e. The Morgan fingerprint density at radius 2 is 1.82 bits per heavy atom. The first-order chi connectivity index (χ1) is 16.3. The summed E-state index contributed by atoms with van der Waals surface area (Å²) < 4.78 is 42.3. The predicted octanol–water partition coefficient (Wildman–Crippen LogP) is 5.30. The van der Waals surface area contributed by atoms with Gasteiger partial charge in [-0.15, -0.1) is 11.3 Å². The van der Waals surface area contributed by atoms with Gasteiger partial charge in [-0.3, -0.25) is 9.59 Å². The number of para-hydroxylation sites is 1. The van der Waals surface area contributed by atoms with Gasteiger partial charge < -0.3 is 10.2 Å². The Hall–Kier alpha value is -3.66. The topological polar surface area (TPSA) is 67.2 Å². The molecule has 4 aromatic rings. The van der Waals surface area contributed by atoms with Gasteiger partial charge in [-0.25, -0.2) is 17.9 Å². The summed E-state index contributed by atoms with van der Waals surface area (Å²) in [5.41, 5.74) is 1.13. The number of rotatable bonds is 7. The van der Waals surface area contributed by atoms with Crippen LogP contribution in [0.2, 0.25) is 0 Å². The molecule has 4 rings (SSSR count). The van der Waals surface area contributed by atoms with Crippen LogP contribution in [0.4, 0.5) is 18.9 Å². The maximum absolute atomic E-state index is 13.9. The van der Waals surface area contributed by atoms with E-state index in [0.717, 1.165) is 33.7 Å². The van der Waals surface area contributed by atoms with E-state index in [9.17, 15) is 22.8 Å². The molecular weight excluding hydrogens is 465 g/mol. The van der Waals surface area contributed by atoms with Crippen LogP contribution < -0.4 is 5.32 Å². The second-order valence-corrected chi connectivity index (χ2v) is 8.69. The SMILES string of the molecule is CCCN(CC(=O)Nc1ccc(F)c(F)c1F)C(=O)c1cc2c(C)nn(-c3ccccc3)c2s1. The lowest BCUT2D eigenvalue weighted by atomic mass is 10.2. The van der Waals surface area contributed by atoms with E-state index in [1.54, 1.807) is 10.7 Å². The van der Waals surface area contributed by atoms with Crippen LogP contribution in [0.15, 0.2) is 48.5 Å². The second kappa shape index (κ2) is 9.68. The third-order valence-corrected chi connectivity index (χ3v) is 6.28. The zero-order valence-corrected chi connectivity index (χ0v) is 19.3. The highest BCUT2D eigenvalue weighted by Crippen LogP contribution is 2.31. The van der Waals surface area contributed by atoms with Gasteiger partial charge >= 0.3 is 0 Å². The fourth-order valence-electron chi connectivity index (χ4n) is 3.56. The van der Waals surface area contributed by atoms with Gasteiger partial charge in [0.05, 0.1) is 21.9 Å². The number of halogens is 3. The molecule has 0 radical (unpaired) electrons. The Balaban J connectivity index is 1.57. The third-order valence-electron chi connectivity index (χ3n) is 5.18. The van der Waals surface area contributed by atoms with Crippen molar-refractivity contribution in [3.8, 4) is 5.69 Å². The van der Waals surface area contributed by atoms with Gasteiger partial charge in [0.25, 0.3) is 5.91 Å². The number of carbonyl (C=O) groups excluding carboxylic acids is 2. The van der Waals surface area contributed by atoms with E-state index in [1.807, 2.05) is 44.2 Å². The lowest BCUT2D eigenvalue weighted by Gasteiger charge is -2.21. The number of thiophene rings is 1. The van der Waals surface area contributed by atoms with E-state index in [2.05, 4.69) is 10.4 Å². The number of nitrogens with one attached hydrogen (secondary N) is 1. The van der Waals surface area contributed by atoms with E-state index in [0.29, 0.717) is 11.3 Å². The molecule has 0 spiro atoms. The average Bonchev–Trinajstić information content (AvgIpc) is 3.40. The number of nitrogens with zero attached hydrogens (tertiary/aromatic N) is 3. The van der Waals surface area contributed by atoms with Crippen LogP contribution in [-0.2, 0) is 4.79 Å². The number of amides is 2. The van der Waals surface area contributed by atoms with Crippen LogP contribution in [0, 0.1) is 24.4 Å². The summed E-state index contributed by atoms with van der Waals surface area (Å²) in [7, 11) is 0. The number of aryl methyl sites for hydroxylation is 1. The number of hydrogen-bond donors (Lipinski definition) is 1. The normalized spacial score (nSPS) is 11.1. The molecule has 0 fully saturated rings. The van der Waals surface area contributed by atoms with Crippen LogP contribution in [0.1, 0.15) is 28.7 Å². The first-order valence-electron chi connectivity index (χ1n) is 10.6. The Bertz CT molecular complexity index is 1370. The molecule has 2 amide bonds. The standard InChI is InChI=1S/C24H21F3N4O2S/c1-3-11-30(13-20(32)28-18-10-9-17(25)21(26)22(18)27)23(33)19-12-16-14(2)29-31(24(16)34-19)15-7-5-4-6-8-15/h4-10,12H,3,11,13H2,1-2H3,(H,28,32). The van der Waals surface area contributed by atoms with Crippen molar-refractivity contribution < 1.29 is 22.8 Å². The molecule has 0 bridgehead atoms. The molecule has 1 N–H and O–H groups in total. The fraction of sp³-hybridized carbons (Fsp3) is 0.208. The summed E-state index contributed by atoms with van der Waals surface area (Å²) in [5.74, 6) is -5.60. The minimum atomic E-state index is -1.67. The molecule has 6 nitrogen and oxygen atoms in total. The maximum Gasteiger partial charge on any atom is 0.264 e. The minimum absolute atomic E-state index is 0.282. The van der Waals surface area contributed by atoms with Gasteiger partial charge in [-0.1, -0.05) is 25.1 Å². The summed E-state index contributed by atoms with van der Waals surface area (Å²) in [5, 5.41) is 7.61. The highest BCUT2D eigenvalue weighted by Gasteiger charge is 2.24. The van der Waals surface area contributed by atoms with Gasteiger partial charge in [-0.05, 0) is 43.7 Å². The lowest BCUT2D eigenvalue weighted by Crippen LogP contribution is -2.38. The zero-order valence-electron chi connectivity index (χ0n) is 18.4. The van der Waals surface area contributed by atoms with Crippen LogP contribution >= 0.6 is 11.3 Å². The zero-order chi connectivity index (χ0) is 24.4. The number of hydrogen-bond acceptors (Lipinski definition) is 4. The smallest absolute Gasteiger partial charge is 0.264 e. The molecule has 176 valence electrons. The predicted molar refractivity (Wildman–Crippen MR) is 125 cm³/mol. The molecule has 0 aliphatic carbocycles. The largest absolute Gasteiger partial charge is 0.329 e. The lowest BCUT2D eigenvalue weighted by molar-refractivity contribution is -0.116. The first-order valence-corrected chi connectivity index (χ1v) is 11.4. The van der Waals surface area contributed by atoms with E-state index in [1.165, 1.54) is 16.2 Å². The number of carbonyl (C=O) groups is 2. The highest BCUT2D eigenvalue weighted by atomic mass is 32.1. The third kappa shape index (κ3) is 4.54. The van der Waals surface area contributed by atoms with E-state index in [4.69, 9.17) is 0 Å². The molecule has 34 heavy (non-hydrogen) atoms. The van der Waals surface area contributed by atoms with Crippen molar-refractivity contribution in [1.29, 1.82) is 0 Å². The molecule has 2 aromatic heterocycles. The van der Waals surface area contributed by atoms with Crippen LogP contribution in [-0.4, -0.2) is 39.6 Å². The molecule has 0 aliphatic heterocycles. The summed E-state index contributed by atoms with van der Waals surface area (Å²) in [6.07, 6.45) is 0.584. The van der Waals surface area contributed by atoms with Crippen molar-refractivity contribution in [1.82, 2.24) is 14.7 Å². The van der Waals surface area contributed by atoms with Crippen LogP contribution in [0.25, 0.3) is 15.9 Å². The van der Waals surface area contributed by atoms with Gasteiger partial charge in [0, 0.05) is 11.9 Å². The Morgan fingerprint density at radius 1 is 1.09 bits per heavy atom. The van der Waals surface area contributed by atoms with Gasteiger partial charge in [0.1, 0.15) is 11.4 Å². The average molecular weight is 487 g/mol. The summed E-state index contributed by atoms with van der Waals surface area (Å²) in [6.45, 7) is 3.62. The van der Waals surface area contributed by atoms with Gasteiger partial charge in [-0.2, -0.15) is 5.10 Å². The van der Waals surface area contributed by atoms with Crippen molar-refractivity contribution in [3.05, 3.63) is 76.6 Å². The fourth-order valence-corrected chi connectivity index (χ4v) is 4.71. The van der Waals surface area contributed by atoms with Gasteiger partial charge in [0.15, 0.2) is 17.5 Å². The van der Waals surface area contributed by atoms with E-state index >= 15 is 0 Å². The van der Waals surface area contributed by atoms with Crippen molar-refractivity contribution in [2.45, 2.75) is 20.3 Å². The molecule has 0 unspecified atom stereocenters. The molecule has 0 atom stereocenters. The van der Waals surface area contributed by atoms with Crippen molar-refractivity contribution in [2.75, 3.05) is 18.4 Å². The van der Waals surface area contributed by atoms with E-state index < -0.39 is 29.0 Å². The molecule has 0 aliphatic rings. The summed E-state index contributed by atoms with van der Waals surface area (Å²) >= 11 is 1.27. The summed E-state index contributed by atoms with van der Waals surface area (Å²) in [4.78, 5) is 28.3. The number of fused-ring (bicyclic) bond motifs is 1. The maximum atomic E-state index is 13.9. The second-order valence-electron chi connectivity index (χ2n) is 7.66. The Kier molecular flexibility index (Phi) is 6.69. The van der Waals surface area contributed by atoms with Crippen molar-refractivity contribution in [2.24, 2.45) is 0 Å². The van der Waals surface area contributed by atoms with Crippen LogP contribution in [0.3, 0.4) is 0 Å². The molecular formula is C24H21F3N4O2S. The molecule has 10 heteroatoms. The number of benzene rings is 2. The monoisotopic (exact) mass is 486 g/mol. The highest BCUT2D eigenvalue weighted by molar-refractivity contribution is 7.20. The Labute approximate surface area is 197 Å². The van der Waals surface area contributed by atoms with Crippen molar-refractivity contribution in [3.63, 3.8) is 0 Å². The molecule has 0 saturated carbocycles. The molecule has 2 aromatic carbocycles. The number of aromatic nitrogens is 2. The number of anilines is 1. The quantitative estimate of drug-likeness (QED) is 0.361. The first kappa shape index (κ1) is 23.5. The van der Waals surface area contributed by atoms with Crippen molar-refractivity contribution >= 4 is 39.1 Å². The Morgan fingerprint density at radius 3 is 2.53 bits per heavy atom. The van der Waals surface area contributed by atoms with Gasteiger partial charge in [0.2, 0.25) is 5.91 Å². The van der Waals surface area contributed by atoms with E-state index in [-0.39, 0.29) is 19.0 Å². The van der Waals surface area contributed by atoms with Crippen LogP contribution in [0.5, 0.6) is 0 Å². The molecule has 2 heterocycles. The summed E-state index contributed by atoms with van der Waals surface area (Å²) in [6, 6.07) is 12.9. The molecule has 0 saturated heterocycles.